The molecule has 3 heteroatoms. The second-order valence-electron chi connectivity index (χ2n) is 4.21. The van der Waals surface area contributed by atoms with Gasteiger partial charge in [-0.25, -0.2) is 0 Å². The zero-order chi connectivity index (χ0) is 11.1. The van der Waals surface area contributed by atoms with Gasteiger partial charge in [0.15, 0.2) is 0 Å². The largest absolute Gasteiger partial charge is 0.391 e. The average molecular weight is 211 g/mol. The number of rotatable bonds is 4. The minimum absolute atomic E-state index is 0.0286. The zero-order valence-electron chi connectivity index (χ0n) is 9.24. The van der Waals surface area contributed by atoms with Crippen molar-refractivity contribution < 1.29 is 9.90 Å². The number of amides is 1. The van der Waals surface area contributed by atoms with Gasteiger partial charge in [-0.3, -0.25) is 4.79 Å². The Kier molecular flexibility index (Phi) is 5.40. The summed E-state index contributed by atoms with van der Waals surface area (Å²) in [5.74, 6) is 0.0286. The van der Waals surface area contributed by atoms with Crippen LogP contribution in [0.5, 0.6) is 0 Å². The van der Waals surface area contributed by atoms with Crippen molar-refractivity contribution in [2.75, 3.05) is 0 Å². The number of carbonyl (C=O) groups excluding carboxylic acids is 1. The van der Waals surface area contributed by atoms with Gasteiger partial charge in [-0.2, -0.15) is 0 Å². The van der Waals surface area contributed by atoms with Gasteiger partial charge in [-0.1, -0.05) is 25.3 Å². The summed E-state index contributed by atoms with van der Waals surface area (Å²) in [7, 11) is 0. The first-order valence-corrected chi connectivity index (χ1v) is 5.82. The fraction of sp³-hybridized carbons (Fsp3) is 0.750. The third-order valence-electron chi connectivity index (χ3n) is 2.90. The molecule has 0 aromatic heterocycles. The highest BCUT2D eigenvalue weighted by Gasteiger charge is 2.22. The lowest BCUT2D eigenvalue weighted by atomic mass is 10.1. The molecule has 2 N–H and O–H groups in total. The minimum atomic E-state index is -0.361. The Labute approximate surface area is 91.6 Å². The molecule has 86 valence electrons. The zero-order valence-corrected chi connectivity index (χ0v) is 9.24. The minimum Gasteiger partial charge on any atom is -0.391 e. The Morgan fingerprint density at radius 3 is 2.87 bits per heavy atom. The van der Waals surface area contributed by atoms with Crippen LogP contribution in [0.15, 0.2) is 12.7 Å². The molecule has 0 aromatic rings. The van der Waals surface area contributed by atoms with Crippen molar-refractivity contribution in [1.82, 2.24) is 5.32 Å². The van der Waals surface area contributed by atoms with Crippen molar-refractivity contribution in [3.8, 4) is 0 Å². The maximum absolute atomic E-state index is 11.5. The Morgan fingerprint density at radius 2 is 2.13 bits per heavy atom. The Bertz CT molecular complexity index is 216. The monoisotopic (exact) mass is 211 g/mol. The standard InChI is InChI=1S/C12H21NO2/c1-2-3-9-12(15)13-10-7-5-4-6-8-11(10)14/h2,10-11,14H,1,3-9H2,(H,13,15). The number of aliphatic hydroxyl groups is 1. The predicted octanol–water partition coefficient (Wildman–Crippen LogP) is 1.76. The van der Waals surface area contributed by atoms with E-state index in [0.29, 0.717) is 12.8 Å². The van der Waals surface area contributed by atoms with Gasteiger partial charge in [0.05, 0.1) is 12.1 Å². The van der Waals surface area contributed by atoms with Crippen LogP contribution in [0.3, 0.4) is 0 Å². The van der Waals surface area contributed by atoms with Crippen LogP contribution in [0.1, 0.15) is 44.9 Å². The summed E-state index contributed by atoms with van der Waals surface area (Å²) >= 11 is 0. The van der Waals surface area contributed by atoms with E-state index in [0.717, 1.165) is 32.1 Å². The van der Waals surface area contributed by atoms with E-state index in [2.05, 4.69) is 11.9 Å². The van der Waals surface area contributed by atoms with Gasteiger partial charge in [-0.05, 0) is 19.3 Å². The van der Waals surface area contributed by atoms with E-state index in [4.69, 9.17) is 0 Å². The van der Waals surface area contributed by atoms with Crippen LogP contribution in [0.2, 0.25) is 0 Å². The molecule has 2 unspecified atom stereocenters. The van der Waals surface area contributed by atoms with E-state index >= 15 is 0 Å². The molecule has 15 heavy (non-hydrogen) atoms. The molecule has 3 nitrogen and oxygen atoms in total. The Balaban J connectivity index is 2.33. The molecule has 2 atom stereocenters. The van der Waals surface area contributed by atoms with Gasteiger partial charge in [-0.15, -0.1) is 6.58 Å². The third kappa shape index (κ3) is 4.47. The second kappa shape index (κ2) is 6.62. The van der Waals surface area contributed by atoms with Crippen LogP contribution in [0.25, 0.3) is 0 Å². The number of nitrogens with one attached hydrogen (secondary N) is 1. The van der Waals surface area contributed by atoms with Crippen molar-refractivity contribution >= 4 is 5.91 Å². The molecule has 1 aliphatic carbocycles. The highest BCUT2D eigenvalue weighted by atomic mass is 16.3. The number of carbonyl (C=O) groups is 1. The number of aliphatic hydroxyl groups excluding tert-OH is 1. The van der Waals surface area contributed by atoms with Crippen LogP contribution in [0.4, 0.5) is 0 Å². The van der Waals surface area contributed by atoms with Crippen molar-refractivity contribution in [2.45, 2.75) is 57.1 Å². The average Bonchev–Trinajstić information content (AvgIpc) is 2.42. The lowest BCUT2D eigenvalue weighted by molar-refractivity contribution is -0.122. The first kappa shape index (κ1) is 12.2. The molecule has 0 aromatic carbocycles. The molecule has 0 bridgehead atoms. The summed E-state index contributed by atoms with van der Waals surface area (Å²) in [6, 6.07) is -0.0372. The van der Waals surface area contributed by atoms with Crippen molar-refractivity contribution in [1.29, 1.82) is 0 Å². The third-order valence-corrected chi connectivity index (χ3v) is 2.90. The molecule has 0 spiro atoms. The van der Waals surface area contributed by atoms with Crippen molar-refractivity contribution in [2.24, 2.45) is 0 Å². The quantitative estimate of drug-likeness (QED) is 0.550. The topological polar surface area (TPSA) is 49.3 Å². The molecule has 1 saturated carbocycles. The lowest BCUT2D eigenvalue weighted by Crippen LogP contribution is -2.42. The van der Waals surface area contributed by atoms with E-state index in [1.807, 2.05) is 0 Å². The summed E-state index contributed by atoms with van der Waals surface area (Å²) in [6.45, 7) is 3.58. The van der Waals surface area contributed by atoms with Gasteiger partial charge < -0.3 is 10.4 Å². The van der Waals surface area contributed by atoms with E-state index < -0.39 is 0 Å². The SMILES string of the molecule is C=CCCC(=O)NC1CCCCCC1O. The van der Waals surface area contributed by atoms with Crippen LogP contribution >= 0.6 is 0 Å². The van der Waals surface area contributed by atoms with E-state index in [9.17, 15) is 9.90 Å². The van der Waals surface area contributed by atoms with Crippen LogP contribution in [-0.2, 0) is 4.79 Å². The van der Waals surface area contributed by atoms with Crippen molar-refractivity contribution in [3.05, 3.63) is 12.7 Å². The van der Waals surface area contributed by atoms with Gasteiger partial charge in [0, 0.05) is 6.42 Å². The fourth-order valence-corrected chi connectivity index (χ4v) is 1.97. The second-order valence-corrected chi connectivity index (χ2v) is 4.21. The highest BCUT2D eigenvalue weighted by molar-refractivity contribution is 5.76. The van der Waals surface area contributed by atoms with Crippen LogP contribution in [-0.4, -0.2) is 23.2 Å². The van der Waals surface area contributed by atoms with E-state index in [1.54, 1.807) is 6.08 Å². The van der Waals surface area contributed by atoms with Gasteiger partial charge in [0.2, 0.25) is 5.91 Å². The fourth-order valence-electron chi connectivity index (χ4n) is 1.97. The van der Waals surface area contributed by atoms with Crippen LogP contribution in [0, 0.1) is 0 Å². The highest BCUT2D eigenvalue weighted by Crippen LogP contribution is 2.18. The molecule has 1 aliphatic rings. The van der Waals surface area contributed by atoms with Crippen molar-refractivity contribution in [3.63, 3.8) is 0 Å². The van der Waals surface area contributed by atoms with Crippen LogP contribution < -0.4 is 5.32 Å². The molecule has 0 radical (unpaired) electrons. The Morgan fingerprint density at radius 1 is 1.40 bits per heavy atom. The van der Waals surface area contributed by atoms with Gasteiger partial charge >= 0.3 is 0 Å². The smallest absolute Gasteiger partial charge is 0.220 e. The summed E-state index contributed by atoms with van der Waals surface area (Å²) in [5, 5.41) is 12.7. The molecule has 0 aliphatic heterocycles. The molecule has 1 fully saturated rings. The maximum atomic E-state index is 11.5. The first-order chi connectivity index (χ1) is 7.24. The summed E-state index contributed by atoms with van der Waals surface area (Å²) in [6.07, 6.45) is 7.61. The lowest BCUT2D eigenvalue weighted by Gasteiger charge is -2.21. The number of hydrogen-bond donors (Lipinski definition) is 2. The first-order valence-electron chi connectivity index (χ1n) is 5.82. The molecular weight excluding hydrogens is 190 g/mol. The van der Waals surface area contributed by atoms with E-state index in [1.165, 1.54) is 0 Å². The summed E-state index contributed by atoms with van der Waals surface area (Å²) in [5.41, 5.74) is 0. The Hall–Kier alpha value is -0.830. The molecule has 0 heterocycles. The molecule has 1 rings (SSSR count). The molecular formula is C12H21NO2. The number of hydrogen-bond acceptors (Lipinski definition) is 2. The molecule has 0 saturated heterocycles. The predicted molar refractivity (Wildman–Crippen MR) is 60.5 cm³/mol. The normalized spacial score (nSPS) is 26.7. The summed E-state index contributed by atoms with van der Waals surface area (Å²) in [4.78, 5) is 11.5. The van der Waals surface area contributed by atoms with Gasteiger partial charge in [0.1, 0.15) is 0 Å². The number of allylic oxidation sites excluding steroid dienone is 1. The maximum Gasteiger partial charge on any atom is 0.220 e. The van der Waals surface area contributed by atoms with E-state index in [-0.39, 0.29) is 18.1 Å². The molecule has 1 amide bonds. The van der Waals surface area contributed by atoms with Gasteiger partial charge in [0.25, 0.3) is 0 Å². The summed E-state index contributed by atoms with van der Waals surface area (Å²) < 4.78 is 0.